The second-order valence-electron chi connectivity index (χ2n) is 6.94. The molecule has 30 heavy (non-hydrogen) atoms. The standard InChI is InChI=1S/C20H15F3N6O/c21-16-6-12(19-26-27-20(30-19)18(22)23)2-4-14(16)9-29-10-17(25-28-29)11-1-3-13-7-24-8-15(13)5-11/h1-6,10,18,24H,7-9H2. The quantitative estimate of drug-likeness (QED) is 0.538. The Labute approximate surface area is 168 Å². The second-order valence-corrected chi connectivity index (χ2v) is 6.94. The Morgan fingerprint density at radius 2 is 1.83 bits per heavy atom. The number of nitrogens with one attached hydrogen (secondary N) is 1. The molecule has 0 fully saturated rings. The largest absolute Gasteiger partial charge is 0.415 e. The van der Waals surface area contributed by atoms with Crippen LogP contribution in [0.25, 0.3) is 22.7 Å². The fourth-order valence-corrected chi connectivity index (χ4v) is 3.38. The second kappa shape index (κ2) is 7.38. The first-order chi connectivity index (χ1) is 14.6. The fourth-order valence-electron chi connectivity index (χ4n) is 3.38. The number of fused-ring (bicyclic) bond motifs is 1. The van der Waals surface area contributed by atoms with Gasteiger partial charge in [0.25, 0.3) is 5.89 Å². The Hall–Kier alpha value is -3.53. The topological polar surface area (TPSA) is 81.7 Å². The first kappa shape index (κ1) is 18.5. The fraction of sp³-hybridized carbons (Fsp3) is 0.200. The van der Waals surface area contributed by atoms with Crippen molar-refractivity contribution in [3.8, 4) is 22.7 Å². The molecule has 1 aliphatic rings. The van der Waals surface area contributed by atoms with E-state index in [2.05, 4.69) is 38.0 Å². The molecule has 0 bridgehead atoms. The third-order valence-corrected chi connectivity index (χ3v) is 4.93. The Kier molecular flexibility index (Phi) is 4.55. The number of alkyl halides is 2. The zero-order valence-electron chi connectivity index (χ0n) is 15.5. The molecular formula is C20H15F3N6O. The van der Waals surface area contributed by atoms with E-state index in [0.29, 0.717) is 11.3 Å². The van der Waals surface area contributed by atoms with Crippen molar-refractivity contribution >= 4 is 0 Å². The van der Waals surface area contributed by atoms with Crippen molar-refractivity contribution < 1.29 is 17.6 Å². The lowest BCUT2D eigenvalue weighted by atomic mass is 10.0. The molecule has 0 unspecified atom stereocenters. The molecule has 4 aromatic rings. The van der Waals surface area contributed by atoms with E-state index in [4.69, 9.17) is 4.42 Å². The van der Waals surface area contributed by atoms with E-state index in [-0.39, 0.29) is 18.0 Å². The summed E-state index contributed by atoms with van der Waals surface area (Å²) in [7, 11) is 0. The van der Waals surface area contributed by atoms with Gasteiger partial charge in [-0.1, -0.05) is 23.4 Å². The van der Waals surface area contributed by atoms with Gasteiger partial charge in [-0.05, 0) is 29.3 Å². The molecule has 0 saturated heterocycles. The summed E-state index contributed by atoms with van der Waals surface area (Å²) < 4.78 is 46.1. The molecule has 7 nitrogen and oxygen atoms in total. The molecular weight excluding hydrogens is 397 g/mol. The molecule has 2 aromatic heterocycles. The number of hydrogen-bond acceptors (Lipinski definition) is 6. The summed E-state index contributed by atoms with van der Waals surface area (Å²) in [6.45, 7) is 1.86. The van der Waals surface area contributed by atoms with Gasteiger partial charge in [0, 0.05) is 29.8 Å². The van der Waals surface area contributed by atoms with Gasteiger partial charge in [-0.25, -0.2) is 9.07 Å². The van der Waals surface area contributed by atoms with Crippen molar-refractivity contribution in [2.45, 2.75) is 26.1 Å². The summed E-state index contributed by atoms with van der Waals surface area (Å²) in [6.07, 6.45) is -1.12. The van der Waals surface area contributed by atoms with Crippen LogP contribution in [-0.2, 0) is 19.6 Å². The van der Waals surface area contributed by atoms with E-state index in [1.165, 1.54) is 29.3 Å². The maximum Gasteiger partial charge on any atom is 0.314 e. The van der Waals surface area contributed by atoms with Crippen LogP contribution in [0.3, 0.4) is 0 Å². The minimum Gasteiger partial charge on any atom is -0.415 e. The normalized spacial score (nSPS) is 13.2. The molecule has 0 radical (unpaired) electrons. The highest BCUT2D eigenvalue weighted by Crippen LogP contribution is 2.26. The summed E-state index contributed by atoms with van der Waals surface area (Å²) >= 11 is 0. The lowest BCUT2D eigenvalue weighted by Crippen LogP contribution is -2.03. The highest BCUT2D eigenvalue weighted by Gasteiger charge is 2.18. The summed E-state index contributed by atoms with van der Waals surface area (Å²) in [5.41, 5.74) is 4.75. The summed E-state index contributed by atoms with van der Waals surface area (Å²) in [5.74, 6) is -1.50. The highest BCUT2D eigenvalue weighted by atomic mass is 19.3. The number of nitrogens with zero attached hydrogens (tertiary/aromatic N) is 5. The van der Waals surface area contributed by atoms with Gasteiger partial charge in [0.05, 0.1) is 12.7 Å². The van der Waals surface area contributed by atoms with Crippen molar-refractivity contribution in [2.24, 2.45) is 0 Å². The summed E-state index contributed by atoms with van der Waals surface area (Å²) in [5, 5.41) is 18.4. The van der Waals surface area contributed by atoms with E-state index >= 15 is 0 Å². The maximum absolute atomic E-state index is 14.6. The monoisotopic (exact) mass is 412 g/mol. The van der Waals surface area contributed by atoms with E-state index in [1.807, 2.05) is 6.07 Å². The maximum atomic E-state index is 14.6. The van der Waals surface area contributed by atoms with Crippen LogP contribution >= 0.6 is 0 Å². The van der Waals surface area contributed by atoms with E-state index < -0.39 is 18.1 Å². The zero-order valence-corrected chi connectivity index (χ0v) is 15.5. The SMILES string of the molecule is Fc1cc(-c2nnc(C(F)F)o2)ccc1Cn1cc(-c2ccc3c(c2)CNC3)nn1. The van der Waals surface area contributed by atoms with Crippen LogP contribution in [0.4, 0.5) is 13.2 Å². The van der Waals surface area contributed by atoms with Crippen LogP contribution in [-0.4, -0.2) is 25.2 Å². The van der Waals surface area contributed by atoms with Crippen LogP contribution < -0.4 is 5.32 Å². The highest BCUT2D eigenvalue weighted by molar-refractivity contribution is 5.60. The van der Waals surface area contributed by atoms with Crippen LogP contribution in [0.15, 0.2) is 47.0 Å². The van der Waals surface area contributed by atoms with Crippen LogP contribution in [0.2, 0.25) is 0 Å². The number of benzene rings is 2. The van der Waals surface area contributed by atoms with E-state index in [9.17, 15) is 13.2 Å². The molecule has 0 amide bonds. The lowest BCUT2D eigenvalue weighted by molar-refractivity contribution is 0.116. The van der Waals surface area contributed by atoms with Gasteiger partial charge in [0.15, 0.2) is 0 Å². The summed E-state index contributed by atoms with van der Waals surface area (Å²) in [6, 6.07) is 10.4. The Morgan fingerprint density at radius 1 is 1.00 bits per heavy atom. The third-order valence-electron chi connectivity index (χ3n) is 4.93. The van der Waals surface area contributed by atoms with Crippen molar-refractivity contribution in [3.05, 3.63) is 71.0 Å². The van der Waals surface area contributed by atoms with Gasteiger partial charge in [-0.15, -0.1) is 15.3 Å². The average molecular weight is 412 g/mol. The van der Waals surface area contributed by atoms with Crippen LogP contribution in [0, 0.1) is 5.82 Å². The smallest absolute Gasteiger partial charge is 0.314 e. The van der Waals surface area contributed by atoms with Gasteiger partial charge < -0.3 is 9.73 Å². The minimum absolute atomic E-state index is 0.162. The first-order valence-electron chi connectivity index (χ1n) is 9.20. The van der Waals surface area contributed by atoms with Gasteiger partial charge in [-0.3, -0.25) is 0 Å². The molecule has 1 aliphatic heterocycles. The molecule has 10 heteroatoms. The number of hydrogen-bond donors (Lipinski definition) is 1. The van der Waals surface area contributed by atoms with Crippen molar-refractivity contribution in [2.75, 3.05) is 0 Å². The van der Waals surface area contributed by atoms with Gasteiger partial charge in [0.2, 0.25) is 5.89 Å². The van der Waals surface area contributed by atoms with Crippen LogP contribution in [0.5, 0.6) is 0 Å². The third kappa shape index (κ3) is 3.45. The molecule has 152 valence electrons. The Balaban J connectivity index is 1.35. The predicted molar refractivity (Wildman–Crippen MR) is 99.8 cm³/mol. The minimum atomic E-state index is -2.88. The van der Waals surface area contributed by atoms with Gasteiger partial charge >= 0.3 is 6.43 Å². The predicted octanol–water partition coefficient (Wildman–Crippen LogP) is 3.72. The van der Waals surface area contributed by atoms with Gasteiger partial charge in [-0.2, -0.15) is 8.78 Å². The zero-order chi connectivity index (χ0) is 20.7. The van der Waals surface area contributed by atoms with E-state index in [0.717, 1.165) is 18.7 Å². The van der Waals surface area contributed by atoms with Crippen molar-refractivity contribution in [3.63, 3.8) is 0 Å². The molecule has 3 heterocycles. The average Bonchev–Trinajstić information content (AvgIpc) is 3.49. The van der Waals surface area contributed by atoms with Gasteiger partial charge in [0.1, 0.15) is 11.5 Å². The molecule has 0 atom stereocenters. The van der Waals surface area contributed by atoms with Crippen molar-refractivity contribution in [1.82, 2.24) is 30.5 Å². The van der Waals surface area contributed by atoms with Crippen LogP contribution in [0.1, 0.15) is 29.0 Å². The number of aromatic nitrogens is 5. The van der Waals surface area contributed by atoms with Crippen molar-refractivity contribution in [1.29, 1.82) is 0 Å². The molecule has 1 N–H and O–H groups in total. The number of halogens is 3. The molecule has 0 spiro atoms. The Morgan fingerprint density at radius 3 is 2.63 bits per heavy atom. The Bertz CT molecular complexity index is 1220. The molecule has 0 aliphatic carbocycles. The number of rotatable bonds is 5. The molecule has 2 aromatic carbocycles. The molecule has 5 rings (SSSR count). The van der Waals surface area contributed by atoms with E-state index in [1.54, 1.807) is 10.9 Å². The summed E-state index contributed by atoms with van der Waals surface area (Å²) in [4.78, 5) is 0. The first-order valence-corrected chi connectivity index (χ1v) is 9.20. The molecule has 0 saturated carbocycles. The lowest BCUT2D eigenvalue weighted by Gasteiger charge is -2.04.